The maximum absolute atomic E-state index is 14.1. The molecule has 6 rings (SSSR count). The summed E-state index contributed by atoms with van der Waals surface area (Å²) < 4.78 is 20.3. The van der Waals surface area contributed by atoms with Gasteiger partial charge in [0.15, 0.2) is 4.34 Å². The van der Waals surface area contributed by atoms with Crippen LogP contribution >= 0.6 is 23.1 Å². The Morgan fingerprint density at radius 3 is 2.75 bits per heavy atom. The average Bonchev–Trinajstić information content (AvgIpc) is 3.63. The number of hydrogen-bond donors (Lipinski definition) is 2. The zero-order valence-corrected chi connectivity index (χ0v) is 22.7. The van der Waals surface area contributed by atoms with Crippen molar-refractivity contribution in [1.29, 1.82) is 0 Å². The topological polar surface area (TPSA) is 113 Å². The zero-order valence-electron chi connectivity index (χ0n) is 21.1. The van der Waals surface area contributed by atoms with E-state index in [-0.39, 0.29) is 34.1 Å². The number of benzene rings is 3. The van der Waals surface area contributed by atoms with E-state index in [1.165, 1.54) is 34.9 Å². The van der Waals surface area contributed by atoms with Crippen molar-refractivity contribution in [2.45, 2.75) is 35.6 Å². The molecule has 0 aliphatic carbocycles. The highest BCUT2D eigenvalue weighted by molar-refractivity contribution is 8.00. The van der Waals surface area contributed by atoms with Gasteiger partial charge in [-0.2, -0.15) is 0 Å². The minimum absolute atomic E-state index is 0.00637. The molecule has 202 valence electrons. The third kappa shape index (κ3) is 4.71. The van der Waals surface area contributed by atoms with Crippen molar-refractivity contribution in [3.8, 4) is 11.5 Å². The van der Waals surface area contributed by atoms with Gasteiger partial charge in [0.1, 0.15) is 29.2 Å². The molecule has 1 aromatic heterocycles. The summed E-state index contributed by atoms with van der Waals surface area (Å²) in [6.45, 7) is 1.94. The smallest absolute Gasteiger partial charge is 0.301 e. The van der Waals surface area contributed by atoms with Crippen LogP contribution in [0, 0.1) is 5.82 Å². The summed E-state index contributed by atoms with van der Waals surface area (Å²) >= 11 is 2.33. The van der Waals surface area contributed by atoms with Gasteiger partial charge in [0.25, 0.3) is 5.78 Å². The number of aliphatic hydroxyl groups excluding tert-OH is 1. The summed E-state index contributed by atoms with van der Waals surface area (Å²) in [6.07, 6.45) is 0.645. The first-order valence-corrected chi connectivity index (χ1v) is 14.2. The molecule has 2 atom stereocenters. The Morgan fingerprint density at radius 2 is 1.95 bits per heavy atom. The third-order valence-corrected chi connectivity index (χ3v) is 8.82. The van der Waals surface area contributed by atoms with E-state index in [2.05, 4.69) is 10.2 Å². The number of halogens is 1. The van der Waals surface area contributed by atoms with E-state index in [9.17, 15) is 24.2 Å². The highest BCUT2D eigenvalue weighted by atomic mass is 32.2. The summed E-state index contributed by atoms with van der Waals surface area (Å²) in [5.41, 5.74) is 2.05. The van der Waals surface area contributed by atoms with Crippen LogP contribution in [0.3, 0.4) is 0 Å². The van der Waals surface area contributed by atoms with E-state index in [0.717, 1.165) is 16.9 Å². The van der Waals surface area contributed by atoms with Crippen molar-refractivity contribution in [2.75, 3.05) is 4.90 Å². The van der Waals surface area contributed by atoms with Crippen LogP contribution in [0.5, 0.6) is 11.5 Å². The van der Waals surface area contributed by atoms with Crippen molar-refractivity contribution in [3.63, 3.8) is 0 Å². The van der Waals surface area contributed by atoms with Gasteiger partial charge in [-0.3, -0.25) is 14.5 Å². The number of phenols is 1. The Balaban J connectivity index is 1.39. The largest absolute Gasteiger partial charge is 0.508 e. The number of fused-ring (bicyclic) bond motifs is 1. The lowest BCUT2D eigenvalue weighted by Crippen LogP contribution is -2.29. The SMILES string of the molecule is C[C@@H]1Cc2cc(/C(O)=C3\C(=O)C(=O)N(c4nnc(SCc5ccccc5F)s4)[C@@H]3c3cccc(O)c3)ccc2O1. The normalized spacial score (nSPS) is 19.6. The van der Waals surface area contributed by atoms with E-state index in [1.54, 1.807) is 48.5 Å². The molecule has 2 N–H and O–H groups in total. The molecule has 3 heterocycles. The lowest BCUT2D eigenvalue weighted by atomic mass is 9.94. The first kappa shape index (κ1) is 26.0. The molecule has 1 saturated heterocycles. The predicted octanol–water partition coefficient (Wildman–Crippen LogP) is 5.62. The van der Waals surface area contributed by atoms with Gasteiger partial charge in [-0.15, -0.1) is 10.2 Å². The van der Waals surface area contributed by atoms with Crippen molar-refractivity contribution >= 4 is 45.7 Å². The molecular formula is C29H22FN3O5S2. The Kier molecular flexibility index (Phi) is 6.77. The van der Waals surface area contributed by atoms with E-state index in [4.69, 9.17) is 4.74 Å². The number of nitrogens with zero attached hydrogens (tertiary/aromatic N) is 3. The predicted molar refractivity (Wildman–Crippen MR) is 149 cm³/mol. The fourth-order valence-corrected chi connectivity index (χ4v) is 6.73. The second-order valence-corrected chi connectivity index (χ2v) is 11.6. The molecule has 8 nitrogen and oxygen atoms in total. The summed E-state index contributed by atoms with van der Waals surface area (Å²) in [7, 11) is 0. The van der Waals surface area contributed by atoms with Crippen LogP contribution in [0.15, 0.2) is 76.6 Å². The van der Waals surface area contributed by atoms with Gasteiger partial charge < -0.3 is 14.9 Å². The number of carbonyl (C=O) groups is 2. The number of aromatic nitrogens is 2. The molecule has 0 spiro atoms. The molecule has 2 aliphatic rings. The Labute approximate surface area is 236 Å². The fourth-order valence-electron chi connectivity index (χ4n) is 4.88. The van der Waals surface area contributed by atoms with Crippen LogP contribution in [0.2, 0.25) is 0 Å². The number of carbonyl (C=O) groups excluding carboxylic acids is 2. The van der Waals surface area contributed by atoms with Crippen LogP contribution in [0.1, 0.15) is 35.2 Å². The van der Waals surface area contributed by atoms with Gasteiger partial charge in [-0.05, 0) is 60.0 Å². The van der Waals surface area contributed by atoms with Crippen LogP contribution in [-0.4, -0.2) is 38.2 Å². The molecular weight excluding hydrogens is 553 g/mol. The van der Waals surface area contributed by atoms with E-state index >= 15 is 0 Å². The van der Waals surface area contributed by atoms with Gasteiger partial charge in [-0.25, -0.2) is 4.39 Å². The van der Waals surface area contributed by atoms with Crippen molar-refractivity contribution < 1.29 is 28.9 Å². The summed E-state index contributed by atoms with van der Waals surface area (Å²) in [5.74, 6) is -1.48. The number of ketones is 1. The first-order valence-electron chi connectivity index (χ1n) is 12.4. The summed E-state index contributed by atoms with van der Waals surface area (Å²) in [4.78, 5) is 28.0. The van der Waals surface area contributed by atoms with Crippen LogP contribution in [-0.2, 0) is 21.8 Å². The molecule has 2 aliphatic heterocycles. The zero-order chi connectivity index (χ0) is 28.0. The number of aromatic hydroxyl groups is 1. The molecule has 3 aromatic carbocycles. The highest BCUT2D eigenvalue weighted by Crippen LogP contribution is 2.45. The molecule has 11 heteroatoms. The van der Waals surface area contributed by atoms with Gasteiger partial charge in [0.2, 0.25) is 5.13 Å². The molecule has 4 aromatic rings. The first-order chi connectivity index (χ1) is 19.3. The second-order valence-electron chi connectivity index (χ2n) is 9.45. The van der Waals surface area contributed by atoms with Gasteiger partial charge in [0, 0.05) is 17.7 Å². The third-order valence-electron chi connectivity index (χ3n) is 6.71. The molecule has 0 bridgehead atoms. The van der Waals surface area contributed by atoms with Gasteiger partial charge in [0.05, 0.1) is 11.6 Å². The lowest BCUT2D eigenvalue weighted by molar-refractivity contribution is -0.132. The number of Topliss-reactive ketones (excluding diaryl/α,β-unsaturated/α-hetero) is 1. The molecule has 40 heavy (non-hydrogen) atoms. The maximum Gasteiger partial charge on any atom is 0.301 e. The van der Waals surface area contributed by atoms with Crippen molar-refractivity contribution in [1.82, 2.24) is 10.2 Å². The number of rotatable bonds is 6. The minimum atomic E-state index is -1.06. The van der Waals surface area contributed by atoms with E-state index < -0.39 is 17.7 Å². The number of hydrogen-bond acceptors (Lipinski definition) is 9. The number of anilines is 1. The minimum Gasteiger partial charge on any atom is -0.508 e. The fraction of sp³-hybridized carbons (Fsp3) is 0.172. The van der Waals surface area contributed by atoms with Crippen LogP contribution < -0.4 is 9.64 Å². The highest BCUT2D eigenvalue weighted by Gasteiger charge is 2.48. The molecule has 1 fully saturated rings. The van der Waals surface area contributed by atoms with Crippen molar-refractivity contribution in [2.24, 2.45) is 0 Å². The average molecular weight is 576 g/mol. The molecule has 0 unspecified atom stereocenters. The lowest BCUT2D eigenvalue weighted by Gasteiger charge is -2.22. The second kappa shape index (κ2) is 10.4. The maximum atomic E-state index is 14.1. The van der Waals surface area contributed by atoms with Gasteiger partial charge in [-0.1, -0.05) is 53.4 Å². The summed E-state index contributed by atoms with van der Waals surface area (Å²) in [5, 5.41) is 30.1. The Hall–Kier alpha value is -4.22. The monoisotopic (exact) mass is 575 g/mol. The molecule has 0 saturated carbocycles. The quantitative estimate of drug-likeness (QED) is 0.100. The van der Waals surface area contributed by atoms with Gasteiger partial charge >= 0.3 is 5.91 Å². The standard InChI is InChI=1S/C29H22FN3O5S2/c1-15-11-19-12-17(9-10-22(19)38-15)25(35)23-24(16-6-4-7-20(34)13-16)33(27(37)26(23)36)28-31-32-29(40-28)39-14-18-5-2-3-8-21(18)30/h2-10,12-13,15,24,34-35H,11,14H2,1H3/b25-23+/t15-,24-/m1/s1. The Morgan fingerprint density at radius 1 is 1.12 bits per heavy atom. The summed E-state index contributed by atoms with van der Waals surface area (Å²) in [6, 6.07) is 16.6. The number of phenolic OH excluding ortho intramolecular Hbond substituents is 1. The van der Waals surface area contributed by atoms with E-state index in [1.807, 2.05) is 6.92 Å². The number of thioether (sulfide) groups is 1. The number of amides is 1. The van der Waals surface area contributed by atoms with Crippen molar-refractivity contribution in [3.05, 3.63) is 100 Å². The Bertz CT molecular complexity index is 1690. The van der Waals surface area contributed by atoms with Crippen LogP contribution in [0.4, 0.5) is 9.52 Å². The van der Waals surface area contributed by atoms with E-state index in [0.29, 0.717) is 39.0 Å². The van der Waals surface area contributed by atoms with Crippen LogP contribution in [0.25, 0.3) is 5.76 Å². The number of ether oxygens (including phenoxy) is 1. The molecule has 0 radical (unpaired) electrons. The molecule has 1 amide bonds. The number of aliphatic hydroxyl groups is 1.